The first-order valence-corrected chi connectivity index (χ1v) is 6.46. The molecule has 100 valence electrons. The van der Waals surface area contributed by atoms with Crippen LogP contribution in [0.4, 0.5) is 10.1 Å². The zero-order chi connectivity index (χ0) is 14.0. The van der Waals surface area contributed by atoms with E-state index < -0.39 is 0 Å². The zero-order valence-electron chi connectivity index (χ0n) is 10.6. The molecule has 0 radical (unpaired) electrons. The minimum absolute atomic E-state index is 0.0106. The standard InChI is InChI=1S/C13H13BrFN3O/c1-17-8-11(7-16-17)18(2)13(19)6-9-5-10(14)3-4-12(9)15/h3-5,7-8H,6H2,1-2H3. The van der Waals surface area contributed by atoms with Crippen molar-refractivity contribution in [2.75, 3.05) is 11.9 Å². The lowest BCUT2D eigenvalue weighted by atomic mass is 10.1. The van der Waals surface area contributed by atoms with Crippen LogP contribution in [0.5, 0.6) is 0 Å². The first-order chi connectivity index (χ1) is 8.97. The highest BCUT2D eigenvalue weighted by Crippen LogP contribution is 2.18. The SMILES string of the molecule is CN(C(=O)Cc1cc(Br)ccc1F)c1cnn(C)c1. The van der Waals surface area contributed by atoms with E-state index in [4.69, 9.17) is 0 Å². The Balaban J connectivity index is 2.14. The summed E-state index contributed by atoms with van der Waals surface area (Å²) in [5.41, 5.74) is 1.05. The number of aryl methyl sites for hydroxylation is 1. The Bertz CT molecular complexity index is 612. The van der Waals surface area contributed by atoms with E-state index in [1.807, 2.05) is 0 Å². The smallest absolute Gasteiger partial charge is 0.231 e. The molecule has 0 aliphatic heterocycles. The summed E-state index contributed by atoms with van der Waals surface area (Å²) in [6.07, 6.45) is 3.33. The third kappa shape index (κ3) is 3.20. The van der Waals surface area contributed by atoms with Crippen LogP contribution in [0.3, 0.4) is 0 Å². The molecule has 1 aromatic heterocycles. The predicted octanol–water partition coefficient (Wildman–Crippen LogP) is 2.53. The van der Waals surface area contributed by atoms with Crippen LogP contribution in [-0.4, -0.2) is 22.7 Å². The van der Waals surface area contributed by atoms with Crippen LogP contribution >= 0.6 is 15.9 Å². The molecule has 0 fully saturated rings. The molecule has 2 aromatic rings. The lowest BCUT2D eigenvalue weighted by molar-refractivity contribution is -0.117. The number of rotatable bonds is 3. The number of benzene rings is 1. The third-order valence-electron chi connectivity index (χ3n) is 2.80. The van der Waals surface area contributed by atoms with Crippen LogP contribution < -0.4 is 4.90 Å². The van der Waals surface area contributed by atoms with Gasteiger partial charge in [0.25, 0.3) is 0 Å². The summed E-state index contributed by atoms with van der Waals surface area (Å²) in [5, 5.41) is 4.00. The number of hydrogen-bond donors (Lipinski definition) is 0. The fraction of sp³-hybridized carbons (Fsp3) is 0.231. The Morgan fingerprint density at radius 2 is 2.26 bits per heavy atom. The quantitative estimate of drug-likeness (QED) is 0.869. The van der Waals surface area contributed by atoms with E-state index in [0.717, 1.165) is 4.47 Å². The van der Waals surface area contributed by atoms with Crippen molar-refractivity contribution in [3.63, 3.8) is 0 Å². The molecular weight excluding hydrogens is 313 g/mol. The molecule has 0 bridgehead atoms. The maximum atomic E-state index is 13.6. The van der Waals surface area contributed by atoms with Crippen molar-refractivity contribution in [2.45, 2.75) is 6.42 Å². The van der Waals surface area contributed by atoms with Crippen LogP contribution in [0.1, 0.15) is 5.56 Å². The highest BCUT2D eigenvalue weighted by molar-refractivity contribution is 9.10. The third-order valence-corrected chi connectivity index (χ3v) is 3.30. The molecule has 0 aliphatic carbocycles. The van der Waals surface area contributed by atoms with Crippen LogP contribution in [0.2, 0.25) is 0 Å². The number of amides is 1. The minimum Gasteiger partial charge on any atom is -0.312 e. The summed E-state index contributed by atoms with van der Waals surface area (Å²) in [4.78, 5) is 13.6. The molecule has 1 amide bonds. The van der Waals surface area contributed by atoms with E-state index in [-0.39, 0.29) is 18.1 Å². The number of nitrogens with zero attached hydrogens (tertiary/aromatic N) is 3. The number of aromatic nitrogens is 2. The molecular formula is C13H13BrFN3O. The van der Waals surface area contributed by atoms with Gasteiger partial charge in [-0.15, -0.1) is 0 Å². The minimum atomic E-state index is -0.379. The van der Waals surface area contributed by atoms with Gasteiger partial charge in [0.1, 0.15) is 5.82 Å². The molecule has 0 aliphatic rings. The van der Waals surface area contributed by atoms with E-state index >= 15 is 0 Å². The summed E-state index contributed by atoms with van der Waals surface area (Å²) in [7, 11) is 3.42. The lowest BCUT2D eigenvalue weighted by Gasteiger charge is -2.15. The summed E-state index contributed by atoms with van der Waals surface area (Å²) in [6, 6.07) is 4.56. The van der Waals surface area contributed by atoms with Crippen molar-refractivity contribution >= 4 is 27.5 Å². The van der Waals surface area contributed by atoms with E-state index in [9.17, 15) is 9.18 Å². The van der Waals surface area contributed by atoms with Gasteiger partial charge in [-0.05, 0) is 23.8 Å². The highest BCUT2D eigenvalue weighted by Gasteiger charge is 2.15. The molecule has 1 heterocycles. The molecule has 0 saturated heterocycles. The van der Waals surface area contributed by atoms with Gasteiger partial charge < -0.3 is 4.90 Å². The van der Waals surface area contributed by atoms with Gasteiger partial charge in [0, 0.05) is 24.8 Å². The Hall–Kier alpha value is -1.69. The number of anilines is 1. The Kier molecular flexibility index (Phi) is 3.99. The average Bonchev–Trinajstić information content (AvgIpc) is 2.79. The van der Waals surface area contributed by atoms with Crippen molar-refractivity contribution in [1.82, 2.24) is 9.78 Å². The number of carbonyl (C=O) groups is 1. The predicted molar refractivity (Wildman–Crippen MR) is 74.4 cm³/mol. The molecule has 1 aromatic carbocycles. The Morgan fingerprint density at radius 3 is 2.89 bits per heavy atom. The van der Waals surface area contributed by atoms with Gasteiger partial charge in [-0.2, -0.15) is 5.10 Å². The molecule has 2 rings (SSSR count). The summed E-state index contributed by atoms with van der Waals surface area (Å²) in [5.74, 6) is -0.568. The molecule has 0 unspecified atom stereocenters. The number of carbonyl (C=O) groups excluding carboxylic acids is 1. The number of likely N-dealkylation sites (N-methyl/N-ethyl adjacent to an activating group) is 1. The lowest BCUT2D eigenvalue weighted by Crippen LogP contribution is -2.27. The van der Waals surface area contributed by atoms with E-state index in [1.165, 1.54) is 11.0 Å². The van der Waals surface area contributed by atoms with Crippen molar-refractivity contribution in [3.8, 4) is 0 Å². The van der Waals surface area contributed by atoms with Gasteiger partial charge in [-0.25, -0.2) is 4.39 Å². The maximum absolute atomic E-state index is 13.6. The second-order valence-electron chi connectivity index (χ2n) is 4.24. The van der Waals surface area contributed by atoms with Crippen molar-refractivity contribution in [1.29, 1.82) is 0 Å². The molecule has 6 heteroatoms. The van der Waals surface area contributed by atoms with Crippen LogP contribution in [0.25, 0.3) is 0 Å². The second-order valence-corrected chi connectivity index (χ2v) is 5.15. The molecule has 4 nitrogen and oxygen atoms in total. The topological polar surface area (TPSA) is 38.1 Å². The van der Waals surface area contributed by atoms with Gasteiger partial charge in [0.05, 0.1) is 18.3 Å². The van der Waals surface area contributed by atoms with E-state index in [0.29, 0.717) is 11.3 Å². The summed E-state index contributed by atoms with van der Waals surface area (Å²) in [6.45, 7) is 0. The Morgan fingerprint density at radius 1 is 1.53 bits per heavy atom. The monoisotopic (exact) mass is 325 g/mol. The van der Waals surface area contributed by atoms with Gasteiger partial charge in [0.15, 0.2) is 0 Å². The van der Waals surface area contributed by atoms with Crippen LogP contribution in [-0.2, 0) is 18.3 Å². The zero-order valence-corrected chi connectivity index (χ0v) is 12.2. The van der Waals surface area contributed by atoms with Crippen molar-refractivity contribution < 1.29 is 9.18 Å². The van der Waals surface area contributed by atoms with Crippen molar-refractivity contribution in [2.24, 2.45) is 7.05 Å². The fourth-order valence-corrected chi connectivity index (χ4v) is 2.09. The molecule has 0 spiro atoms. The fourth-order valence-electron chi connectivity index (χ4n) is 1.69. The summed E-state index contributed by atoms with van der Waals surface area (Å²) >= 11 is 3.27. The van der Waals surface area contributed by atoms with Gasteiger partial charge in [-0.3, -0.25) is 9.48 Å². The molecule has 0 N–H and O–H groups in total. The highest BCUT2D eigenvalue weighted by atomic mass is 79.9. The normalized spacial score (nSPS) is 10.5. The maximum Gasteiger partial charge on any atom is 0.231 e. The van der Waals surface area contributed by atoms with Gasteiger partial charge >= 0.3 is 0 Å². The molecule has 19 heavy (non-hydrogen) atoms. The van der Waals surface area contributed by atoms with Crippen molar-refractivity contribution in [3.05, 3.63) is 46.4 Å². The number of halogens is 2. The summed E-state index contributed by atoms with van der Waals surface area (Å²) < 4.78 is 16.0. The largest absolute Gasteiger partial charge is 0.312 e. The molecule has 0 atom stereocenters. The van der Waals surface area contributed by atoms with E-state index in [2.05, 4.69) is 21.0 Å². The molecule has 0 saturated carbocycles. The number of hydrogen-bond acceptors (Lipinski definition) is 2. The first kappa shape index (κ1) is 13.7. The average molecular weight is 326 g/mol. The first-order valence-electron chi connectivity index (χ1n) is 5.66. The Labute approximate surface area is 119 Å². The van der Waals surface area contributed by atoms with Crippen LogP contribution in [0, 0.1) is 5.82 Å². The second kappa shape index (κ2) is 5.52. The van der Waals surface area contributed by atoms with Gasteiger partial charge in [-0.1, -0.05) is 15.9 Å². The van der Waals surface area contributed by atoms with Gasteiger partial charge in [0.2, 0.25) is 5.91 Å². The van der Waals surface area contributed by atoms with Crippen LogP contribution in [0.15, 0.2) is 35.1 Å². The van der Waals surface area contributed by atoms with E-state index in [1.54, 1.807) is 43.3 Å².